The van der Waals surface area contributed by atoms with Crippen molar-refractivity contribution in [3.05, 3.63) is 55.2 Å². The van der Waals surface area contributed by atoms with Crippen molar-refractivity contribution in [1.82, 2.24) is 5.32 Å². The van der Waals surface area contributed by atoms with E-state index in [4.69, 9.17) is 0 Å². The van der Waals surface area contributed by atoms with Gasteiger partial charge in [-0.3, -0.25) is 0 Å². The van der Waals surface area contributed by atoms with Crippen LogP contribution in [0.1, 0.15) is 39.4 Å². The van der Waals surface area contributed by atoms with Gasteiger partial charge < -0.3 is 5.32 Å². The highest BCUT2D eigenvalue weighted by Crippen LogP contribution is 2.34. The van der Waals surface area contributed by atoms with Crippen LogP contribution in [-0.4, -0.2) is 6.54 Å². The van der Waals surface area contributed by atoms with Crippen molar-refractivity contribution in [2.45, 2.75) is 33.7 Å². The van der Waals surface area contributed by atoms with E-state index in [-0.39, 0.29) is 0 Å². The summed E-state index contributed by atoms with van der Waals surface area (Å²) in [4.78, 5) is 2.71. The molecule has 2 aromatic rings. The van der Waals surface area contributed by atoms with E-state index in [0.717, 1.165) is 6.54 Å². The summed E-state index contributed by atoms with van der Waals surface area (Å²) >= 11 is 5.48. The molecule has 1 N–H and O–H groups in total. The lowest BCUT2D eigenvalue weighted by Crippen LogP contribution is -2.21. The monoisotopic (exact) mass is 337 g/mol. The molecule has 1 heterocycles. The number of nitrogens with one attached hydrogen (secondary N) is 1. The summed E-state index contributed by atoms with van der Waals surface area (Å²) < 4.78 is 1.21. The van der Waals surface area contributed by atoms with Gasteiger partial charge >= 0.3 is 0 Å². The molecule has 3 heteroatoms. The van der Waals surface area contributed by atoms with Crippen LogP contribution in [0.5, 0.6) is 0 Å². The van der Waals surface area contributed by atoms with E-state index < -0.39 is 0 Å². The molecule has 0 radical (unpaired) electrons. The minimum Gasteiger partial charge on any atom is -0.306 e. The first-order valence-electron chi connectivity index (χ1n) is 6.59. The van der Waals surface area contributed by atoms with E-state index in [1.54, 1.807) is 0 Å². The van der Waals surface area contributed by atoms with E-state index in [9.17, 15) is 0 Å². The highest BCUT2D eigenvalue weighted by atomic mass is 79.9. The largest absolute Gasteiger partial charge is 0.306 e. The van der Waals surface area contributed by atoms with E-state index in [1.807, 2.05) is 11.3 Å². The Balaban J connectivity index is 2.44. The lowest BCUT2D eigenvalue weighted by molar-refractivity contribution is 0.636. The van der Waals surface area contributed by atoms with Gasteiger partial charge in [-0.1, -0.05) is 30.7 Å². The Hall–Kier alpha value is -0.640. The van der Waals surface area contributed by atoms with Crippen molar-refractivity contribution in [2.24, 2.45) is 0 Å². The Kier molecular flexibility index (Phi) is 4.82. The van der Waals surface area contributed by atoms with Crippen LogP contribution in [-0.2, 0) is 0 Å². The second-order valence-corrected chi connectivity index (χ2v) is 7.05. The summed E-state index contributed by atoms with van der Waals surface area (Å²) in [5.74, 6) is 0. The van der Waals surface area contributed by atoms with Crippen LogP contribution in [0, 0.1) is 20.8 Å². The molecule has 0 fully saturated rings. The van der Waals surface area contributed by atoms with Crippen LogP contribution >= 0.6 is 27.3 Å². The van der Waals surface area contributed by atoms with Gasteiger partial charge in [0.1, 0.15) is 0 Å². The molecule has 1 atom stereocenters. The van der Waals surface area contributed by atoms with Crippen LogP contribution in [0.15, 0.2) is 28.7 Å². The molecule has 0 aliphatic heterocycles. The number of rotatable bonds is 4. The van der Waals surface area contributed by atoms with Gasteiger partial charge in [-0.25, -0.2) is 0 Å². The van der Waals surface area contributed by atoms with Crippen LogP contribution in [0.3, 0.4) is 0 Å². The van der Waals surface area contributed by atoms with Crippen molar-refractivity contribution in [1.29, 1.82) is 0 Å². The molecule has 19 heavy (non-hydrogen) atoms. The molecule has 0 bridgehead atoms. The van der Waals surface area contributed by atoms with Gasteiger partial charge in [-0.15, -0.1) is 11.3 Å². The predicted molar refractivity (Wildman–Crippen MR) is 88.2 cm³/mol. The fourth-order valence-electron chi connectivity index (χ4n) is 2.34. The van der Waals surface area contributed by atoms with Crippen molar-refractivity contribution in [3.8, 4) is 0 Å². The number of hydrogen-bond donors (Lipinski definition) is 1. The molecule has 0 saturated carbocycles. The number of halogens is 1. The molecule has 1 unspecified atom stereocenters. The van der Waals surface area contributed by atoms with Crippen molar-refractivity contribution in [3.63, 3.8) is 0 Å². The van der Waals surface area contributed by atoms with Crippen molar-refractivity contribution < 1.29 is 0 Å². The maximum Gasteiger partial charge on any atom is 0.0674 e. The molecular weight excluding hydrogens is 318 g/mol. The lowest BCUT2D eigenvalue weighted by Gasteiger charge is -2.19. The van der Waals surface area contributed by atoms with Gasteiger partial charge in [0.25, 0.3) is 0 Å². The SMILES string of the molecule is CCNC(c1cc(Br)c(C)s1)c1ccc(C)cc1C. The predicted octanol–water partition coefficient (Wildman–Crippen LogP) is 5.13. The maximum atomic E-state index is 3.62. The van der Waals surface area contributed by atoms with Crippen LogP contribution in [0.4, 0.5) is 0 Å². The Morgan fingerprint density at radius 3 is 2.47 bits per heavy atom. The third-order valence-electron chi connectivity index (χ3n) is 3.31. The summed E-state index contributed by atoms with van der Waals surface area (Å²) in [7, 11) is 0. The average molecular weight is 338 g/mol. The average Bonchev–Trinajstić information content (AvgIpc) is 2.67. The topological polar surface area (TPSA) is 12.0 Å². The first kappa shape index (κ1) is 14.8. The van der Waals surface area contributed by atoms with Gasteiger partial charge in [0, 0.05) is 14.2 Å². The molecule has 0 amide bonds. The molecule has 1 aromatic heterocycles. The van der Waals surface area contributed by atoms with Crippen LogP contribution < -0.4 is 5.32 Å². The Morgan fingerprint density at radius 1 is 1.21 bits per heavy atom. The third-order valence-corrected chi connectivity index (χ3v) is 5.51. The molecule has 1 aromatic carbocycles. The molecule has 0 aliphatic rings. The molecule has 2 rings (SSSR count). The first-order chi connectivity index (χ1) is 9.02. The zero-order valence-electron chi connectivity index (χ0n) is 11.9. The van der Waals surface area contributed by atoms with Gasteiger partial charge in [-0.2, -0.15) is 0 Å². The highest BCUT2D eigenvalue weighted by Gasteiger charge is 2.18. The molecule has 0 saturated heterocycles. The van der Waals surface area contributed by atoms with E-state index >= 15 is 0 Å². The molecule has 0 aliphatic carbocycles. The van der Waals surface area contributed by atoms with Crippen LogP contribution in [0.25, 0.3) is 0 Å². The second-order valence-electron chi connectivity index (χ2n) is 4.90. The highest BCUT2D eigenvalue weighted by molar-refractivity contribution is 9.10. The minimum absolute atomic E-state index is 0.292. The number of thiophene rings is 1. The Labute approximate surface area is 128 Å². The quantitative estimate of drug-likeness (QED) is 0.814. The smallest absolute Gasteiger partial charge is 0.0674 e. The zero-order chi connectivity index (χ0) is 14.0. The fraction of sp³-hybridized carbons (Fsp3) is 0.375. The standard InChI is InChI=1S/C16H20BrNS/c1-5-18-16(15-9-14(17)12(4)19-15)13-7-6-10(2)8-11(13)3/h6-9,16,18H,5H2,1-4H3. The fourth-order valence-corrected chi connectivity index (χ4v) is 4.00. The zero-order valence-corrected chi connectivity index (χ0v) is 14.3. The second kappa shape index (κ2) is 6.21. The van der Waals surface area contributed by atoms with Gasteiger partial charge in [0.15, 0.2) is 0 Å². The maximum absolute atomic E-state index is 3.62. The normalized spacial score (nSPS) is 12.7. The van der Waals surface area contributed by atoms with Crippen molar-refractivity contribution in [2.75, 3.05) is 6.54 Å². The molecule has 102 valence electrons. The van der Waals surface area contributed by atoms with E-state index in [0.29, 0.717) is 6.04 Å². The first-order valence-corrected chi connectivity index (χ1v) is 8.20. The van der Waals surface area contributed by atoms with Crippen molar-refractivity contribution >= 4 is 27.3 Å². The summed E-state index contributed by atoms with van der Waals surface area (Å²) in [6, 6.07) is 9.24. The van der Waals surface area contributed by atoms with Gasteiger partial charge in [-0.05, 0) is 60.4 Å². The summed E-state index contributed by atoms with van der Waals surface area (Å²) in [5.41, 5.74) is 4.05. The summed E-state index contributed by atoms with van der Waals surface area (Å²) in [6.07, 6.45) is 0. The van der Waals surface area contributed by atoms with E-state index in [1.165, 1.54) is 30.9 Å². The number of hydrogen-bond acceptors (Lipinski definition) is 2. The summed E-state index contributed by atoms with van der Waals surface area (Å²) in [6.45, 7) is 9.62. The molecular formula is C16H20BrNS. The van der Waals surface area contributed by atoms with Gasteiger partial charge in [0.2, 0.25) is 0 Å². The Morgan fingerprint density at radius 2 is 1.95 bits per heavy atom. The minimum atomic E-state index is 0.292. The number of benzene rings is 1. The molecule has 0 spiro atoms. The van der Waals surface area contributed by atoms with Crippen LogP contribution in [0.2, 0.25) is 0 Å². The lowest BCUT2D eigenvalue weighted by atomic mass is 9.98. The third kappa shape index (κ3) is 3.28. The van der Waals surface area contributed by atoms with E-state index in [2.05, 4.69) is 73.2 Å². The number of aryl methyl sites for hydroxylation is 3. The molecule has 1 nitrogen and oxygen atoms in total. The Bertz CT molecular complexity index is 555. The summed E-state index contributed by atoms with van der Waals surface area (Å²) in [5, 5.41) is 3.61. The van der Waals surface area contributed by atoms with Gasteiger partial charge in [0.05, 0.1) is 6.04 Å².